The van der Waals surface area contributed by atoms with Gasteiger partial charge in [0.1, 0.15) is 0 Å². The summed E-state index contributed by atoms with van der Waals surface area (Å²) in [6.07, 6.45) is 50.9. The Balaban J connectivity index is 3.63. The summed E-state index contributed by atoms with van der Waals surface area (Å²) >= 11 is 0. The van der Waals surface area contributed by atoms with E-state index in [1.807, 2.05) is 0 Å². The van der Waals surface area contributed by atoms with Gasteiger partial charge in [-0.15, -0.1) is 0 Å². The van der Waals surface area contributed by atoms with E-state index in [0.717, 1.165) is 25.7 Å². The smallest absolute Gasteiger partial charge is 0.0786 e. The average molecular weight is 759 g/mol. The van der Waals surface area contributed by atoms with Crippen molar-refractivity contribution >= 4 is 0 Å². The largest absolute Gasteiger partial charge is 0.324 e. The number of quaternary nitrogens is 1. The van der Waals surface area contributed by atoms with E-state index in [0.29, 0.717) is 0 Å². The minimum atomic E-state index is 1.02. The number of unbranched alkanes of at least 4 members (excludes halogenated alkanes) is 34. The molecule has 0 saturated heterocycles. The Labute approximate surface area is 348 Å². The van der Waals surface area contributed by atoms with Crippen molar-refractivity contribution in [3.05, 3.63) is 0 Å². The lowest BCUT2D eigenvalue weighted by molar-refractivity contribution is -0.925. The van der Waals surface area contributed by atoms with Crippen LogP contribution in [0.3, 0.4) is 0 Å². The lowest BCUT2D eigenvalue weighted by Gasteiger charge is -2.37. The van der Waals surface area contributed by atoms with Crippen LogP contribution in [0.5, 0.6) is 0 Å². The van der Waals surface area contributed by atoms with E-state index in [9.17, 15) is 0 Å². The van der Waals surface area contributed by atoms with Crippen molar-refractivity contribution in [1.29, 1.82) is 0 Å². The van der Waals surface area contributed by atoms with Gasteiger partial charge in [0.2, 0.25) is 0 Å². The Bertz CT molecular complexity index is 938. The van der Waals surface area contributed by atoms with E-state index in [-0.39, 0.29) is 0 Å². The van der Waals surface area contributed by atoms with Crippen molar-refractivity contribution in [2.24, 2.45) is 0 Å². The first kappa shape index (κ1) is 53.2. The highest BCUT2D eigenvalue weighted by atomic mass is 15.3. The Kier molecular flexibility index (Phi) is 45.1. The molecule has 0 bridgehead atoms. The first-order chi connectivity index (χ1) is 27.2. The maximum absolute atomic E-state index is 3.29. The molecule has 0 aromatic heterocycles. The molecular weight excluding hydrogens is 663 g/mol. The molecule has 0 aliphatic heterocycles. The second-order valence-electron chi connectivity index (χ2n) is 16.9. The van der Waals surface area contributed by atoms with Gasteiger partial charge in [0.15, 0.2) is 0 Å². The molecule has 0 aromatic rings. The fourth-order valence-electron chi connectivity index (χ4n) is 7.89. The summed E-state index contributed by atoms with van der Waals surface area (Å²) in [5, 5.41) is 0. The summed E-state index contributed by atoms with van der Waals surface area (Å²) < 4.78 is 1.33. The van der Waals surface area contributed by atoms with Crippen LogP contribution < -0.4 is 0 Å². The second-order valence-corrected chi connectivity index (χ2v) is 16.9. The lowest BCUT2D eigenvalue weighted by Crippen LogP contribution is -2.49. The minimum Gasteiger partial charge on any atom is -0.324 e. The molecule has 0 saturated carbocycles. The molecule has 0 aromatic carbocycles. The van der Waals surface area contributed by atoms with Gasteiger partial charge in [0, 0.05) is 25.7 Å². The van der Waals surface area contributed by atoms with E-state index >= 15 is 0 Å². The highest BCUT2D eigenvalue weighted by Crippen LogP contribution is 2.17. The normalized spacial score (nSPS) is 10.8. The van der Waals surface area contributed by atoms with Crippen molar-refractivity contribution in [3.8, 4) is 47.4 Å². The highest BCUT2D eigenvalue weighted by molar-refractivity contribution is 5.26. The summed E-state index contributed by atoms with van der Waals surface area (Å²) in [7, 11) is 0. The molecule has 0 fully saturated rings. The standard InChI is InChI=1S/C54H96N/c1-5-9-11-13-15-17-19-21-23-25-27-29-31-33-35-37-39-41-43-45-47-49-51-53-55(7-3,8-4)54-52-50-48-46-44-42-40-38-36-34-32-30-28-26-24-22-20-18-16-14-12-10-6-2/h5-28,37-54H2,1-4H3/q+1. The van der Waals surface area contributed by atoms with Gasteiger partial charge < -0.3 is 4.48 Å². The van der Waals surface area contributed by atoms with Crippen LogP contribution in [0.15, 0.2) is 0 Å². The van der Waals surface area contributed by atoms with Crippen LogP contribution in [0.2, 0.25) is 0 Å². The van der Waals surface area contributed by atoms with E-state index in [1.54, 1.807) is 0 Å². The molecular formula is C54H96N+. The van der Waals surface area contributed by atoms with Gasteiger partial charge in [0.05, 0.1) is 26.2 Å². The summed E-state index contributed by atoms with van der Waals surface area (Å²) in [6.45, 7) is 14.8. The summed E-state index contributed by atoms with van der Waals surface area (Å²) in [6, 6.07) is 0. The van der Waals surface area contributed by atoms with Crippen LogP contribution >= 0.6 is 0 Å². The molecule has 0 N–H and O–H groups in total. The van der Waals surface area contributed by atoms with Crippen LogP contribution in [0.25, 0.3) is 0 Å². The van der Waals surface area contributed by atoms with E-state index < -0.39 is 0 Å². The molecule has 1 heteroatoms. The van der Waals surface area contributed by atoms with Gasteiger partial charge in [0.25, 0.3) is 0 Å². The SMILES string of the molecule is CCCCCCCCCCCCC#CC#CCCCCCCCCC[N+](CC)(CC)CCCCCCCCCC#CC#CCCCCCCCCCCCC. The van der Waals surface area contributed by atoms with Gasteiger partial charge in [-0.25, -0.2) is 0 Å². The molecule has 0 heterocycles. The van der Waals surface area contributed by atoms with Crippen LogP contribution in [-0.2, 0) is 0 Å². The third-order valence-corrected chi connectivity index (χ3v) is 12.0. The van der Waals surface area contributed by atoms with Crippen LogP contribution in [0.4, 0.5) is 0 Å². The average Bonchev–Trinajstić information content (AvgIpc) is 3.20. The first-order valence-electron chi connectivity index (χ1n) is 25.0. The molecule has 0 unspecified atom stereocenters. The van der Waals surface area contributed by atoms with Crippen molar-refractivity contribution in [3.63, 3.8) is 0 Å². The van der Waals surface area contributed by atoms with Gasteiger partial charge in [-0.1, -0.05) is 204 Å². The first-order valence-corrected chi connectivity index (χ1v) is 25.0. The fourth-order valence-corrected chi connectivity index (χ4v) is 7.89. The monoisotopic (exact) mass is 759 g/mol. The van der Waals surface area contributed by atoms with Crippen LogP contribution in [-0.4, -0.2) is 30.7 Å². The van der Waals surface area contributed by atoms with Crippen LogP contribution in [0.1, 0.15) is 272 Å². The topological polar surface area (TPSA) is 0 Å². The van der Waals surface area contributed by atoms with Crippen molar-refractivity contribution in [2.45, 2.75) is 272 Å². The minimum absolute atomic E-state index is 1.02. The van der Waals surface area contributed by atoms with E-state index in [2.05, 4.69) is 75.1 Å². The quantitative estimate of drug-likeness (QED) is 0.0332. The summed E-state index contributed by atoms with van der Waals surface area (Å²) in [5.74, 6) is 25.5. The zero-order chi connectivity index (χ0) is 39.9. The van der Waals surface area contributed by atoms with Crippen molar-refractivity contribution in [1.82, 2.24) is 0 Å². The molecule has 0 atom stereocenters. The fraction of sp³-hybridized carbons (Fsp3) is 0.852. The predicted molar refractivity (Wildman–Crippen MR) is 249 cm³/mol. The van der Waals surface area contributed by atoms with Gasteiger partial charge in [-0.05, 0) is 88.9 Å². The third-order valence-electron chi connectivity index (χ3n) is 12.0. The van der Waals surface area contributed by atoms with Crippen LogP contribution in [0, 0.1) is 47.4 Å². The molecule has 55 heavy (non-hydrogen) atoms. The molecule has 0 rings (SSSR count). The molecule has 1 nitrogen and oxygen atoms in total. The van der Waals surface area contributed by atoms with Gasteiger partial charge in [-0.2, -0.15) is 0 Å². The zero-order valence-corrected chi connectivity index (χ0v) is 38.1. The number of nitrogens with zero attached hydrogens (tertiary/aromatic N) is 1. The lowest BCUT2D eigenvalue weighted by atomic mass is 10.1. The number of hydrogen-bond acceptors (Lipinski definition) is 0. The molecule has 0 radical (unpaired) electrons. The predicted octanol–water partition coefficient (Wildman–Crippen LogP) is 16.7. The van der Waals surface area contributed by atoms with E-state index in [1.165, 1.54) is 249 Å². The van der Waals surface area contributed by atoms with Crippen molar-refractivity contribution < 1.29 is 4.48 Å². The highest BCUT2D eigenvalue weighted by Gasteiger charge is 2.21. The zero-order valence-electron chi connectivity index (χ0n) is 38.1. The Hall–Kier alpha value is -1.80. The Morgan fingerprint density at radius 3 is 0.655 bits per heavy atom. The van der Waals surface area contributed by atoms with E-state index in [4.69, 9.17) is 0 Å². The molecule has 0 aliphatic carbocycles. The summed E-state index contributed by atoms with van der Waals surface area (Å²) in [4.78, 5) is 0. The maximum atomic E-state index is 3.29. The Morgan fingerprint density at radius 1 is 0.236 bits per heavy atom. The maximum Gasteiger partial charge on any atom is 0.0786 e. The molecule has 316 valence electrons. The number of rotatable bonds is 40. The summed E-state index contributed by atoms with van der Waals surface area (Å²) in [5.41, 5.74) is 0. The Morgan fingerprint density at radius 2 is 0.436 bits per heavy atom. The van der Waals surface area contributed by atoms with Gasteiger partial charge in [-0.3, -0.25) is 0 Å². The third kappa shape index (κ3) is 41.6. The second kappa shape index (κ2) is 46.6. The molecule has 0 aliphatic rings. The number of hydrogen-bond donors (Lipinski definition) is 0. The molecule has 0 spiro atoms. The van der Waals surface area contributed by atoms with Crippen molar-refractivity contribution in [2.75, 3.05) is 26.2 Å². The molecule has 0 amide bonds. The van der Waals surface area contributed by atoms with Gasteiger partial charge >= 0.3 is 0 Å².